The van der Waals surface area contributed by atoms with Crippen LogP contribution in [0, 0.1) is 0 Å². The van der Waals surface area contributed by atoms with Crippen molar-refractivity contribution in [2.45, 2.75) is 6.92 Å². The van der Waals surface area contributed by atoms with Gasteiger partial charge in [0.2, 0.25) is 5.91 Å². The van der Waals surface area contributed by atoms with Crippen molar-refractivity contribution >= 4 is 85.1 Å². The first-order valence-corrected chi connectivity index (χ1v) is 9.69. The molecule has 1 heterocycles. The topological polar surface area (TPSA) is 70.2 Å². The lowest BCUT2D eigenvalue weighted by molar-refractivity contribution is -0.114. The van der Waals surface area contributed by atoms with Gasteiger partial charge in [0.1, 0.15) is 4.88 Å². The Kier molecular flexibility index (Phi) is 5.96. The average molecular weight is 438 g/mol. The molecule has 138 valence electrons. The molecule has 0 radical (unpaired) electrons. The summed E-state index contributed by atoms with van der Waals surface area (Å²) in [4.78, 5) is 23.9. The molecule has 2 aromatic carbocycles. The van der Waals surface area contributed by atoms with E-state index in [-0.39, 0.29) is 11.0 Å². The van der Waals surface area contributed by atoms with E-state index in [1.54, 1.807) is 42.5 Å². The predicted octanol–water partition coefficient (Wildman–Crippen LogP) is 5.29. The van der Waals surface area contributed by atoms with Crippen LogP contribution in [-0.4, -0.2) is 16.9 Å². The van der Waals surface area contributed by atoms with E-state index in [2.05, 4.69) is 16.0 Å². The zero-order valence-corrected chi connectivity index (χ0v) is 17.1. The Labute approximate surface area is 174 Å². The first-order valence-electron chi connectivity index (χ1n) is 7.71. The molecule has 3 aromatic rings. The van der Waals surface area contributed by atoms with E-state index in [0.29, 0.717) is 26.3 Å². The van der Waals surface area contributed by atoms with E-state index >= 15 is 0 Å². The molecule has 0 bridgehead atoms. The molecule has 1 aromatic heterocycles. The Morgan fingerprint density at radius 3 is 2.26 bits per heavy atom. The molecule has 9 heteroatoms. The number of rotatable bonds is 3. The maximum Gasteiger partial charge on any atom is 0.269 e. The van der Waals surface area contributed by atoms with Gasteiger partial charge in [0.05, 0.1) is 5.02 Å². The van der Waals surface area contributed by atoms with Crippen LogP contribution in [0.1, 0.15) is 16.6 Å². The van der Waals surface area contributed by atoms with Crippen molar-refractivity contribution in [1.29, 1.82) is 0 Å². The monoisotopic (exact) mass is 437 g/mol. The van der Waals surface area contributed by atoms with Crippen LogP contribution in [-0.2, 0) is 4.79 Å². The molecule has 0 saturated heterocycles. The van der Waals surface area contributed by atoms with Gasteiger partial charge in [0.25, 0.3) is 5.91 Å². The number of nitrogens with one attached hydrogen (secondary N) is 3. The number of hydrogen-bond donors (Lipinski definition) is 3. The molecule has 3 rings (SSSR count). The third-order valence-corrected chi connectivity index (χ3v) is 5.58. The molecule has 2 amide bonds. The number of benzene rings is 2. The number of fused-ring (bicyclic) bond motifs is 1. The second kappa shape index (κ2) is 8.22. The molecule has 5 nitrogen and oxygen atoms in total. The number of carbonyl (C=O) groups excluding carboxylic acids is 2. The van der Waals surface area contributed by atoms with E-state index in [0.717, 1.165) is 10.1 Å². The highest BCUT2D eigenvalue weighted by molar-refractivity contribution is 7.80. The number of thiocarbonyl (C=S) groups is 1. The fourth-order valence-electron chi connectivity index (χ4n) is 2.35. The van der Waals surface area contributed by atoms with Crippen molar-refractivity contribution in [3.8, 4) is 0 Å². The third-order valence-electron chi connectivity index (χ3n) is 3.49. The lowest BCUT2D eigenvalue weighted by atomic mass is 10.2. The smallest absolute Gasteiger partial charge is 0.269 e. The molecule has 0 fully saturated rings. The molecule has 0 aliphatic heterocycles. The number of halogens is 2. The second-order valence-corrected chi connectivity index (χ2v) is 7.83. The Morgan fingerprint density at radius 1 is 1.00 bits per heavy atom. The minimum Gasteiger partial charge on any atom is -0.332 e. The van der Waals surface area contributed by atoms with Crippen molar-refractivity contribution in [1.82, 2.24) is 5.32 Å². The summed E-state index contributed by atoms with van der Waals surface area (Å²) >= 11 is 18.7. The van der Waals surface area contributed by atoms with E-state index in [1.165, 1.54) is 18.3 Å². The van der Waals surface area contributed by atoms with Crippen LogP contribution >= 0.6 is 46.8 Å². The van der Waals surface area contributed by atoms with Crippen LogP contribution in [0.5, 0.6) is 0 Å². The summed E-state index contributed by atoms with van der Waals surface area (Å²) in [5, 5.41) is 10.0. The number of hydrogen-bond acceptors (Lipinski definition) is 4. The molecule has 0 aliphatic carbocycles. The van der Waals surface area contributed by atoms with Gasteiger partial charge in [0.15, 0.2) is 5.11 Å². The first kappa shape index (κ1) is 19.6. The van der Waals surface area contributed by atoms with Gasteiger partial charge in [-0.15, -0.1) is 11.3 Å². The molecular weight excluding hydrogens is 425 g/mol. The van der Waals surface area contributed by atoms with Crippen molar-refractivity contribution in [2.24, 2.45) is 0 Å². The summed E-state index contributed by atoms with van der Waals surface area (Å²) in [7, 11) is 0. The summed E-state index contributed by atoms with van der Waals surface area (Å²) in [6, 6.07) is 12.2. The van der Waals surface area contributed by atoms with Gasteiger partial charge in [-0.1, -0.05) is 29.3 Å². The quantitative estimate of drug-likeness (QED) is 0.486. The van der Waals surface area contributed by atoms with Crippen molar-refractivity contribution in [3.05, 3.63) is 57.4 Å². The van der Waals surface area contributed by atoms with Crippen LogP contribution in [0.2, 0.25) is 10.0 Å². The van der Waals surface area contributed by atoms with Crippen molar-refractivity contribution < 1.29 is 9.59 Å². The fourth-order valence-corrected chi connectivity index (χ4v) is 4.25. The minimum absolute atomic E-state index is 0.138. The normalized spacial score (nSPS) is 10.5. The third kappa shape index (κ3) is 4.75. The number of thiophene rings is 1. The molecule has 3 N–H and O–H groups in total. The van der Waals surface area contributed by atoms with Gasteiger partial charge < -0.3 is 10.6 Å². The Hall–Kier alpha value is -2.19. The summed E-state index contributed by atoms with van der Waals surface area (Å²) in [5.41, 5.74) is 1.34. The molecule has 0 spiro atoms. The highest BCUT2D eigenvalue weighted by Gasteiger charge is 2.18. The van der Waals surface area contributed by atoms with Crippen LogP contribution in [0.4, 0.5) is 11.4 Å². The van der Waals surface area contributed by atoms with E-state index < -0.39 is 5.91 Å². The first-order chi connectivity index (χ1) is 12.8. The number of amides is 2. The lowest BCUT2D eigenvalue weighted by Crippen LogP contribution is -2.33. The maximum atomic E-state index is 12.5. The minimum atomic E-state index is -0.398. The summed E-state index contributed by atoms with van der Waals surface area (Å²) in [6.45, 7) is 1.43. The van der Waals surface area contributed by atoms with Crippen LogP contribution in [0.15, 0.2) is 42.5 Å². The Balaban J connectivity index is 1.68. The summed E-state index contributed by atoms with van der Waals surface area (Å²) in [5.74, 6) is -0.551. The zero-order valence-electron chi connectivity index (χ0n) is 13.9. The van der Waals surface area contributed by atoms with Gasteiger partial charge in [-0.05, 0) is 48.6 Å². The predicted molar refractivity (Wildman–Crippen MR) is 116 cm³/mol. The van der Waals surface area contributed by atoms with Gasteiger partial charge in [0, 0.05) is 33.4 Å². The SMILES string of the molecule is CC(=O)Nc1ccc(NC(=S)NC(=O)c2sc3cc(Cl)ccc3c2Cl)cc1. The highest BCUT2D eigenvalue weighted by Crippen LogP contribution is 2.36. The van der Waals surface area contributed by atoms with Crippen LogP contribution in [0.3, 0.4) is 0 Å². The number of carbonyl (C=O) groups is 2. The molecular formula is C18H13Cl2N3O2S2. The lowest BCUT2D eigenvalue weighted by Gasteiger charge is -2.10. The maximum absolute atomic E-state index is 12.5. The largest absolute Gasteiger partial charge is 0.332 e. The Bertz CT molecular complexity index is 1050. The van der Waals surface area contributed by atoms with Gasteiger partial charge in [-0.25, -0.2) is 0 Å². The van der Waals surface area contributed by atoms with Gasteiger partial charge in [-0.3, -0.25) is 14.9 Å². The zero-order chi connectivity index (χ0) is 19.6. The summed E-state index contributed by atoms with van der Waals surface area (Å²) in [6.07, 6.45) is 0. The van der Waals surface area contributed by atoms with Crippen molar-refractivity contribution in [3.63, 3.8) is 0 Å². The van der Waals surface area contributed by atoms with Crippen LogP contribution < -0.4 is 16.0 Å². The molecule has 0 unspecified atom stereocenters. The van der Waals surface area contributed by atoms with E-state index in [9.17, 15) is 9.59 Å². The van der Waals surface area contributed by atoms with Gasteiger partial charge >= 0.3 is 0 Å². The number of anilines is 2. The van der Waals surface area contributed by atoms with Crippen LogP contribution in [0.25, 0.3) is 10.1 Å². The Morgan fingerprint density at radius 2 is 1.63 bits per heavy atom. The van der Waals surface area contributed by atoms with Gasteiger partial charge in [-0.2, -0.15) is 0 Å². The highest BCUT2D eigenvalue weighted by atomic mass is 35.5. The fraction of sp³-hybridized carbons (Fsp3) is 0.0556. The average Bonchev–Trinajstić information content (AvgIpc) is 2.92. The second-order valence-electron chi connectivity index (χ2n) is 5.55. The standard InChI is InChI=1S/C18H13Cl2N3O2S2/c1-9(24)21-11-3-5-12(6-4-11)22-18(26)23-17(25)16-15(20)13-7-2-10(19)8-14(13)27-16/h2-8H,1H3,(H,21,24)(H2,22,23,25,26). The summed E-state index contributed by atoms with van der Waals surface area (Å²) < 4.78 is 0.824. The van der Waals surface area contributed by atoms with E-state index in [4.69, 9.17) is 35.4 Å². The molecule has 0 aliphatic rings. The van der Waals surface area contributed by atoms with Crippen molar-refractivity contribution in [2.75, 3.05) is 10.6 Å². The van der Waals surface area contributed by atoms with E-state index in [1.807, 2.05) is 0 Å². The molecule has 0 atom stereocenters. The molecule has 0 saturated carbocycles. The molecule has 27 heavy (non-hydrogen) atoms.